The molecule has 0 spiro atoms. The van der Waals surface area contributed by atoms with Crippen molar-refractivity contribution < 1.29 is 13.9 Å². The molecular formula is C17H21N3O3. The van der Waals surface area contributed by atoms with Gasteiger partial charge in [-0.3, -0.25) is 9.69 Å². The highest BCUT2D eigenvalue weighted by Crippen LogP contribution is 2.21. The van der Waals surface area contributed by atoms with Gasteiger partial charge in [-0.1, -0.05) is 18.2 Å². The number of carbonyl (C=O) groups is 1. The van der Waals surface area contributed by atoms with E-state index < -0.39 is 0 Å². The molecule has 1 fully saturated rings. The standard InChI is InChI=1S/C17H21N3O3/c1-13-15(19-17(23-13)14-5-3-2-4-6-14)11-16(21)18-12-20-7-9-22-10-8-20/h2-6H,7-12H2,1H3,(H,18,21). The van der Waals surface area contributed by atoms with E-state index in [1.54, 1.807) is 0 Å². The van der Waals surface area contributed by atoms with Gasteiger partial charge in [0.1, 0.15) is 5.76 Å². The van der Waals surface area contributed by atoms with Crippen molar-refractivity contribution in [2.75, 3.05) is 33.0 Å². The molecule has 1 aliphatic rings. The minimum atomic E-state index is -0.0486. The summed E-state index contributed by atoms with van der Waals surface area (Å²) in [6, 6.07) is 9.69. The highest BCUT2D eigenvalue weighted by molar-refractivity contribution is 5.78. The van der Waals surface area contributed by atoms with Crippen molar-refractivity contribution in [3.05, 3.63) is 41.8 Å². The summed E-state index contributed by atoms with van der Waals surface area (Å²) in [5, 5.41) is 2.93. The number of carbonyl (C=O) groups excluding carboxylic acids is 1. The van der Waals surface area contributed by atoms with Crippen LogP contribution in [0.15, 0.2) is 34.7 Å². The molecule has 122 valence electrons. The van der Waals surface area contributed by atoms with E-state index in [4.69, 9.17) is 9.15 Å². The lowest BCUT2D eigenvalue weighted by Gasteiger charge is -2.26. The van der Waals surface area contributed by atoms with Crippen LogP contribution >= 0.6 is 0 Å². The summed E-state index contributed by atoms with van der Waals surface area (Å²) in [6.07, 6.45) is 0.229. The molecule has 1 aromatic heterocycles. The second kappa shape index (κ2) is 7.39. The fraction of sp³-hybridized carbons (Fsp3) is 0.412. The summed E-state index contributed by atoms with van der Waals surface area (Å²) in [5.74, 6) is 1.19. The molecule has 0 unspecified atom stereocenters. The smallest absolute Gasteiger partial charge is 0.227 e. The van der Waals surface area contributed by atoms with E-state index in [1.807, 2.05) is 37.3 Å². The average Bonchev–Trinajstić information content (AvgIpc) is 2.95. The minimum Gasteiger partial charge on any atom is -0.441 e. The summed E-state index contributed by atoms with van der Waals surface area (Å²) in [5.41, 5.74) is 1.60. The number of ether oxygens (including phenoxy) is 1. The van der Waals surface area contributed by atoms with E-state index in [-0.39, 0.29) is 12.3 Å². The highest BCUT2D eigenvalue weighted by atomic mass is 16.5. The van der Waals surface area contributed by atoms with Crippen LogP contribution in [0.1, 0.15) is 11.5 Å². The predicted octanol–water partition coefficient (Wildman–Crippen LogP) is 1.60. The third kappa shape index (κ3) is 4.18. The second-order valence-corrected chi connectivity index (χ2v) is 5.55. The summed E-state index contributed by atoms with van der Waals surface area (Å²) in [4.78, 5) is 18.7. The Morgan fingerprint density at radius 2 is 2.00 bits per heavy atom. The molecule has 0 radical (unpaired) electrons. The quantitative estimate of drug-likeness (QED) is 0.908. The zero-order chi connectivity index (χ0) is 16.1. The molecule has 6 nitrogen and oxygen atoms in total. The number of amides is 1. The van der Waals surface area contributed by atoms with E-state index >= 15 is 0 Å². The molecule has 2 aromatic rings. The van der Waals surface area contributed by atoms with Gasteiger partial charge in [0.25, 0.3) is 0 Å². The molecule has 2 heterocycles. The van der Waals surface area contributed by atoms with Gasteiger partial charge < -0.3 is 14.5 Å². The molecule has 1 aliphatic heterocycles. The van der Waals surface area contributed by atoms with Gasteiger partial charge in [-0.2, -0.15) is 0 Å². The van der Waals surface area contributed by atoms with E-state index in [9.17, 15) is 4.79 Å². The lowest BCUT2D eigenvalue weighted by atomic mass is 10.2. The van der Waals surface area contributed by atoms with Gasteiger partial charge >= 0.3 is 0 Å². The Balaban J connectivity index is 1.57. The zero-order valence-electron chi connectivity index (χ0n) is 13.2. The van der Waals surface area contributed by atoms with Crippen molar-refractivity contribution in [2.45, 2.75) is 13.3 Å². The maximum Gasteiger partial charge on any atom is 0.227 e. The van der Waals surface area contributed by atoms with E-state index in [2.05, 4.69) is 15.2 Å². The SMILES string of the molecule is Cc1oc(-c2ccccc2)nc1CC(=O)NCN1CCOCC1. The largest absolute Gasteiger partial charge is 0.441 e. The number of aromatic nitrogens is 1. The Labute approximate surface area is 135 Å². The number of morpholine rings is 1. The molecule has 6 heteroatoms. The van der Waals surface area contributed by atoms with Crippen LogP contribution in [0, 0.1) is 6.92 Å². The van der Waals surface area contributed by atoms with Gasteiger partial charge in [-0.15, -0.1) is 0 Å². The number of benzene rings is 1. The van der Waals surface area contributed by atoms with Crippen LogP contribution in [-0.4, -0.2) is 48.8 Å². The number of nitrogens with zero attached hydrogens (tertiary/aromatic N) is 2. The van der Waals surface area contributed by atoms with Crippen LogP contribution in [-0.2, 0) is 16.0 Å². The van der Waals surface area contributed by atoms with Crippen molar-refractivity contribution in [3.63, 3.8) is 0 Å². The van der Waals surface area contributed by atoms with Crippen molar-refractivity contribution in [1.29, 1.82) is 0 Å². The first kappa shape index (κ1) is 15.7. The van der Waals surface area contributed by atoms with Crippen LogP contribution in [0.4, 0.5) is 0 Å². The maximum atomic E-state index is 12.1. The highest BCUT2D eigenvalue weighted by Gasteiger charge is 2.16. The summed E-state index contributed by atoms with van der Waals surface area (Å²) in [6.45, 7) is 5.52. The number of nitrogens with one attached hydrogen (secondary N) is 1. The normalized spacial score (nSPS) is 15.5. The lowest BCUT2D eigenvalue weighted by molar-refractivity contribution is -0.121. The molecule has 0 aliphatic carbocycles. The Kier molecular flexibility index (Phi) is 5.05. The van der Waals surface area contributed by atoms with E-state index in [0.29, 0.717) is 24.0 Å². The molecule has 23 heavy (non-hydrogen) atoms. The summed E-state index contributed by atoms with van der Waals surface area (Å²) < 4.78 is 11.0. The topological polar surface area (TPSA) is 67.6 Å². The first-order chi connectivity index (χ1) is 11.2. The first-order valence-corrected chi connectivity index (χ1v) is 7.81. The van der Waals surface area contributed by atoms with Crippen LogP contribution < -0.4 is 5.32 Å². The van der Waals surface area contributed by atoms with Crippen molar-refractivity contribution in [1.82, 2.24) is 15.2 Å². The molecule has 1 saturated heterocycles. The third-order valence-electron chi connectivity index (χ3n) is 3.84. The molecule has 0 bridgehead atoms. The van der Waals surface area contributed by atoms with Crippen molar-refractivity contribution in [2.24, 2.45) is 0 Å². The van der Waals surface area contributed by atoms with Gasteiger partial charge in [0.05, 0.1) is 32.0 Å². The van der Waals surface area contributed by atoms with Gasteiger partial charge in [0, 0.05) is 18.7 Å². The zero-order valence-corrected chi connectivity index (χ0v) is 13.2. The molecule has 1 N–H and O–H groups in total. The molecule has 0 atom stereocenters. The van der Waals surface area contributed by atoms with Gasteiger partial charge in [-0.25, -0.2) is 4.98 Å². The Hall–Kier alpha value is -2.18. The Morgan fingerprint density at radius 1 is 1.26 bits per heavy atom. The Morgan fingerprint density at radius 3 is 2.74 bits per heavy atom. The Bertz CT molecular complexity index is 648. The molecule has 3 rings (SSSR count). The van der Waals surface area contributed by atoms with Crippen molar-refractivity contribution in [3.8, 4) is 11.5 Å². The molecule has 0 saturated carbocycles. The fourth-order valence-electron chi connectivity index (χ4n) is 2.47. The van der Waals surface area contributed by atoms with Gasteiger partial charge in [0.2, 0.25) is 11.8 Å². The van der Waals surface area contributed by atoms with Crippen LogP contribution in [0.2, 0.25) is 0 Å². The first-order valence-electron chi connectivity index (χ1n) is 7.81. The number of rotatable bonds is 5. The number of oxazole rings is 1. The third-order valence-corrected chi connectivity index (χ3v) is 3.84. The molecule has 1 aromatic carbocycles. The van der Waals surface area contributed by atoms with Crippen LogP contribution in [0.3, 0.4) is 0 Å². The predicted molar refractivity (Wildman–Crippen MR) is 85.8 cm³/mol. The maximum absolute atomic E-state index is 12.1. The minimum absolute atomic E-state index is 0.0486. The van der Waals surface area contributed by atoms with E-state index in [1.165, 1.54) is 0 Å². The van der Waals surface area contributed by atoms with Crippen LogP contribution in [0.5, 0.6) is 0 Å². The molecule has 1 amide bonds. The lowest BCUT2D eigenvalue weighted by Crippen LogP contribution is -2.44. The monoisotopic (exact) mass is 315 g/mol. The van der Waals surface area contributed by atoms with E-state index in [0.717, 1.165) is 31.9 Å². The average molecular weight is 315 g/mol. The van der Waals surface area contributed by atoms with Gasteiger partial charge in [-0.05, 0) is 19.1 Å². The fourth-order valence-corrected chi connectivity index (χ4v) is 2.47. The van der Waals surface area contributed by atoms with Gasteiger partial charge in [0.15, 0.2) is 0 Å². The summed E-state index contributed by atoms with van der Waals surface area (Å²) in [7, 11) is 0. The second-order valence-electron chi connectivity index (χ2n) is 5.55. The van der Waals surface area contributed by atoms with Crippen molar-refractivity contribution >= 4 is 5.91 Å². The summed E-state index contributed by atoms with van der Waals surface area (Å²) >= 11 is 0. The van der Waals surface area contributed by atoms with Crippen LogP contribution in [0.25, 0.3) is 11.5 Å². The number of aryl methyl sites for hydroxylation is 1. The molecular weight excluding hydrogens is 294 g/mol. The number of hydrogen-bond donors (Lipinski definition) is 1. The number of hydrogen-bond acceptors (Lipinski definition) is 5.